The zero-order chi connectivity index (χ0) is 13.9. The van der Waals surface area contributed by atoms with Gasteiger partial charge in [-0.05, 0) is 24.1 Å². The van der Waals surface area contributed by atoms with Crippen molar-refractivity contribution in [1.29, 1.82) is 0 Å². The van der Waals surface area contributed by atoms with Crippen LogP contribution in [-0.4, -0.2) is 24.7 Å². The lowest BCUT2D eigenvalue weighted by molar-refractivity contribution is 0.582. The highest BCUT2D eigenvalue weighted by atomic mass is 32.2. The third-order valence-corrected chi connectivity index (χ3v) is 4.21. The van der Waals surface area contributed by atoms with E-state index in [-0.39, 0.29) is 10.6 Å². The molecule has 102 valence electrons. The van der Waals surface area contributed by atoms with Crippen LogP contribution in [0.4, 0.5) is 5.69 Å². The Balaban J connectivity index is 2.01. The highest BCUT2D eigenvalue weighted by Gasteiger charge is 2.15. The van der Waals surface area contributed by atoms with Gasteiger partial charge in [0.05, 0.1) is 11.9 Å². The average Bonchev–Trinajstić information content (AvgIpc) is 2.75. The van der Waals surface area contributed by atoms with Gasteiger partial charge >= 0.3 is 0 Å². The van der Waals surface area contributed by atoms with E-state index in [1.54, 1.807) is 29.1 Å². The minimum absolute atomic E-state index is 0.112. The van der Waals surface area contributed by atoms with Gasteiger partial charge in [0.2, 0.25) is 10.0 Å². The monoisotopic (exact) mass is 280 g/mol. The second kappa shape index (κ2) is 5.41. The molecule has 7 heteroatoms. The van der Waals surface area contributed by atoms with E-state index in [0.717, 1.165) is 5.56 Å². The lowest BCUT2D eigenvalue weighted by Crippen LogP contribution is -2.26. The lowest BCUT2D eigenvalue weighted by Gasteiger charge is -2.08. The zero-order valence-electron chi connectivity index (χ0n) is 10.6. The fraction of sp³-hybridized carbons (Fsp3) is 0.250. The predicted octanol–water partition coefficient (Wildman–Crippen LogP) is 0.523. The largest absolute Gasteiger partial charge is 0.398 e. The number of benzene rings is 1. The number of hydrogen-bond donors (Lipinski definition) is 2. The summed E-state index contributed by atoms with van der Waals surface area (Å²) in [6, 6.07) is 6.40. The molecule has 0 aliphatic rings. The number of nitrogen functional groups attached to an aromatic ring is 1. The molecule has 0 fully saturated rings. The van der Waals surface area contributed by atoms with E-state index < -0.39 is 10.0 Å². The van der Waals surface area contributed by atoms with E-state index >= 15 is 0 Å². The lowest BCUT2D eigenvalue weighted by atomic mass is 10.3. The standard InChI is InChI=1S/C12H16N4O2S/c1-16-9-10(8-14-16)6-7-15-19(17,18)12-5-3-2-4-11(12)13/h2-5,8-9,15H,6-7,13H2,1H3. The molecule has 2 rings (SSSR count). The quantitative estimate of drug-likeness (QED) is 0.781. The second-order valence-corrected chi connectivity index (χ2v) is 5.94. The highest BCUT2D eigenvalue weighted by molar-refractivity contribution is 7.89. The van der Waals surface area contributed by atoms with Crippen molar-refractivity contribution in [2.75, 3.05) is 12.3 Å². The summed E-state index contributed by atoms with van der Waals surface area (Å²) in [6.45, 7) is 0.308. The number of rotatable bonds is 5. The summed E-state index contributed by atoms with van der Waals surface area (Å²) >= 11 is 0. The third-order valence-electron chi connectivity index (χ3n) is 2.67. The van der Waals surface area contributed by atoms with E-state index in [4.69, 9.17) is 5.73 Å². The van der Waals surface area contributed by atoms with Gasteiger partial charge < -0.3 is 5.73 Å². The predicted molar refractivity (Wildman–Crippen MR) is 73.0 cm³/mol. The number of sulfonamides is 1. The van der Waals surface area contributed by atoms with Crippen LogP contribution in [0, 0.1) is 0 Å². The number of nitrogens with zero attached hydrogens (tertiary/aromatic N) is 2. The van der Waals surface area contributed by atoms with Gasteiger partial charge in [-0.2, -0.15) is 5.10 Å². The van der Waals surface area contributed by atoms with Gasteiger partial charge in [0, 0.05) is 19.8 Å². The normalized spacial score (nSPS) is 11.6. The summed E-state index contributed by atoms with van der Waals surface area (Å²) in [5.74, 6) is 0. The van der Waals surface area contributed by atoms with Crippen molar-refractivity contribution in [2.24, 2.45) is 7.05 Å². The van der Waals surface area contributed by atoms with Crippen LogP contribution in [0.25, 0.3) is 0 Å². The molecule has 6 nitrogen and oxygen atoms in total. The van der Waals surface area contributed by atoms with Crippen molar-refractivity contribution in [1.82, 2.24) is 14.5 Å². The molecule has 1 aromatic carbocycles. The molecule has 0 radical (unpaired) electrons. The molecule has 0 spiro atoms. The van der Waals surface area contributed by atoms with E-state index in [1.165, 1.54) is 6.07 Å². The highest BCUT2D eigenvalue weighted by Crippen LogP contribution is 2.16. The van der Waals surface area contributed by atoms with Crippen molar-refractivity contribution < 1.29 is 8.42 Å². The maximum atomic E-state index is 12.0. The smallest absolute Gasteiger partial charge is 0.242 e. The molecular formula is C12H16N4O2S. The van der Waals surface area contributed by atoms with Crippen LogP contribution in [-0.2, 0) is 23.5 Å². The minimum atomic E-state index is -3.56. The first-order valence-electron chi connectivity index (χ1n) is 5.81. The first kappa shape index (κ1) is 13.6. The van der Waals surface area contributed by atoms with Crippen molar-refractivity contribution in [3.8, 4) is 0 Å². The topological polar surface area (TPSA) is 90.0 Å². The summed E-state index contributed by atoms with van der Waals surface area (Å²) in [4.78, 5) is 0.112. The molecule has 3 N–H and O–H groups in total. The number of hydrogen-bond acceptors (Lipinski definition) is 4. The molecule has 0 atom stereocenters. The second-order valence-electron chi connectivity index (χ2n) is 4.21. The Labute approximate surface area is 112 Å². The first-order valence-corrected chi connectivity index (χ1v) is 7.29. The van der Waals surface area contributed by atoms with Gasteiger partial charge in [0.15, 0.2) is 0 Å². The van der Waals surface area contributed by atoms with Crippen LogP contribution in [0.2, 0.25) is 0 Å². The molecule has 0 amide bonds. The fourth-order valence-electron chi connectivity index (χ4n) is 1.73. The summed E-state index contributed by atoms with van der Waals surface area (Å²) in [6.07, 6.45) is 4.15. The molecule has 2 aromatic rings. The SMILES string of the molecule is Cn1cc(CCNS(=O)(=O)c2ccccc2N)cn1. The third kappa shape index (κ3) is 3.33. The molecule has 0 bridgehead atoms. The molecule has 0 saturated heterocycles. The van der Waals surface area contributed by atoms with Crippen LogP contribution in [0.15, 0.2) is 41.6 Å². The molecular weight excluding hydrogens is 264 g/mol. The maximum absolute atomic E-state index is 12.0. The van der Waals surface area contributed by atoms with Crippen LogP contribution in [0.3, 0.4) is 0 Å². The van der Waals surface area contributed by atoms with Gasteiger partial charge in [-0.1, -0.05) is 12.1 Å². The number of aryl methyl sites for hydroxylation is 1. The molecule has 1 aromatic heterocycles. The van der Waals surface area contributed by atoms with Gasteiger partial charge in [0.1, 0.15) is 4.90 Å². The van der Waals surface area contributed by atoms with Gasteiger partial charge in [-0.15, -0.1) is 0 Å². The Hall–Kier alpha value is -1.86. The van der Waals surface area contributed by atoms with Crippen LogP contribution < -0.4 is 10.5 Å². The molecule has 19 heavy (non-hydrogen) atoms. The van der Waals surface area contributed by atoms with Crippen molar-refractivity contribution in [3.05, 3.63) is 42.2 Å². The van der Waals surface area contributed by atoms with E-state index in [9.17, 15) is 8.42 Å². The van der Waals surface area contributed by atoms with Gasteiger partial charge in [0.25, 0.3) is 0 Å². The Bertz CT molecular complexity index is 664. The number of para-hydroxylation sites is 1. The van der Waals surface area contributed by atoms with Crippen LogP contribution >= 0.6 is 0 Å². The van der Waals surface area contributed by atoms with Crippen molar-refractivity contribution in [3.63, 3.8) is 0 Å². The Morgan fingerprint density at radius 1 is 1.37 bits per heavy atom. The Morgan fingerprint density at radius 2 is 2.11 bits per heavy atom. The number of nitrogens with one attached hydrogen (secondary N) is 1. The minimum Gasteiger partial charge on any atom is -0.398 e. The van der Waals surface area contributed by atoms with E-state index in [2.05, 4.69) is 9.82 Å². The number of aromatic nitrogens is 2. The van der Waals surface area contributed by atoms with Gasteiger partial charge in [-0.25, -0.2) is 13.1 Å². The van der Waals surface area contributed by atoms with Gasteiger partial charge in [-0.3, -0.25) is 4.68 Å². The summed E-state index contributed by atoms with van der Waals surface area (Å²) in [5, 5.41) is 4.02. The fourth-order valence-corrected chi connectivity index (χ4v) is 2.90. The molecule has 0 aliphatic carbocycles. The Kier molecular flexibility index (Phi) is 3.87. The summed E-state index contributed by atoms with van der Waals surface area (Å²) < 4.78 is 28.3. The average molecular weight is 280 g/mol. The maximum Gasteiger partial charge on any atom is 0.242 e. The molecule has 0 saturated carbocycles. The molecule has 0 aliphatic heterocycles. The Morgan fingerprint density at radius 3 is 2.74 bits per heavy atom. The zero-order valence-corrected chi connectivity index (χ0v) is 11.4. The first-order chi connectivity index (χ1) is 8.99. The molecule has 0 unspecified atom stereocenters. The van der Waals surface area contributed by atoms with Crippen molar-refractivity contribution >= 4 is 15.7 Å². The van der Waals surface area contributed by atoms with E-state index in [0.29, 0.717) is 13.0 Å². The molecule has 1 heterocycles. The van der Waals surface area contributed by atoms with Crippen LogP contribution in [0.1, 0.15) is 5.56 Å². The summed E-state index contributed by atoms with van der Waals surface area (Å²) in [7, 11) is -1.74. The van der Waals surface area contributed by atoms with E-state index in [1.807, 2.05) is 13.2 Å². The number of anilines is 1. The number of nitrogens with two attached hydrogens (primary N) is 1. The summed E-state index contributed by atoms with van der Waals surface area (Å²) in [5.41, 5.74) is 6.88. The van der Waals surface area contributed by atoms with Crippen molar-refractivity contribution in [2.45, 2.75) is 11.3 Å². The van der Waals surface area contributed by atoms with Crippen LogP contribution in [0.5, 0.6) is 0 Å².